The number of nitrogens with zero attached hydrogens (tertiary/aromatic N) is 3. The molecule has 0 bridgehead atoms. The van der Waals surface area contributed by atoms with E-state index >= 15 is 0 Å². The van der Waals surface area contributed by atoms with Crippen molar-refractivity contribution in [3.63, 3.8) is 0 Å². The number of imidazole rings is 1. The average Bonchev–Trinajstić information content (AvgIpc) is 3.15. The Morgan fingerprint density at radius 1 is 1.10 bits per heavy atom. The van der Waals surface area contributed by atoms with Gasteiger partial charge in [-0.1, -0.05) is 56.3 Å². The fraction of sp³-hybridized carbons (Fsp3) is 0.360. The van der Waals surface area contributed by atoms with Gasteiger partial charge < -0.3 is 14.7 Å². The van der Waals surface area contributed by atoms with Gasteiger partial charge in [0.2, 0.25) is 0 Å². The molecule has 0 fully saturated rings. The molecular formula is C25H34N4O2. The van der Waals surface area contributed by atoms with Crippen LogP contribution >= 0.6 is 0 Å². The van der Waals surface area contributed by atoms with E-state index in [4.69, 9.17) is 10.2 Å². The fourth-order valence-corrected chi connectivity index (χ4v) is 3.57. The van der Waals surface area contributed by atoms with Crippen LogP contribution in [0.5, 0.6) is 0 Å². The molecule has 0 aliphatic rings. The summed E-state index contributed by atoms with van der Waals surface area (Å²) in [5.41, 5.74) is 6.25. The number of likely N-dealkylation sites (N-methyl/N-ethyl adjacent to an activating group) is 1. The van der Waals surface area contributed by atoms with Gasteiger partial charge in [0.05, 0.1) is 11.0 Å². The molecule has 0 amide bonds. The van der Waals surface area contributed by atoms with Gasteiger partial charge in [-0.15, -0.1) is 0 Å². The SMILES string of the molecule is CCN(CC)CCn1c(CCc2ccccc2)nc2cc(/C=C/C=O)ccc21.CNO. The maximum absolute atomic E-state index is 10.6. The van der Waals surface area contributed by atoms with Crippen molar-refractivity contribution in [1.82, 2.24) is 19.9 Å². The van der Waals surface area contributed by atoms with Crippen molar-refractivity contribution in [1.29, 1.82) is 0 Å². The highest BCUT2D eigenvalue weighted by Gasteiger charge is 2.12. The molecule has 1 heterocycles. The van der Waals surface area contributed by atoms with Crippen LogP contribution in [0.2, 0.25) is 0 Å². The van der Waals surface area contributed by atoms with Crippen LogP contribution in [0.3, 0.4) is 0 Å². The quantitative estimate of drug-likeness (QED) is 0.294. The summed E-state index contributed by atoms with van der Waals surface area (Å²) in [6.07, 6.45) is 6.04. The summed E-state index contributed by atoms with van der Waals surface area (Å²) in [7, 11) is 1.43. The number of nitrogens with one attached hydrogen (secondary N) is 1. The molecular weight excluding hydrogens is 388 g/mol. The zero-order chi connectivity index (χ0) is 22.5. The van der Waals surface area contributed by atoms with Crippen molar-refractivity contribution < 1.29 is 10.0 Å². The van der Waals surface area contributed by atoms with Crippen LogP contribution in [0.4, 0.5) is 0 Å². The van der Waals surface area contributed by atoms with E-state index in [0.29, 0.717) is 0 Å². The number of hydroxylamine groups is 1. The molecule has 0 atom stereocenters. The molecule has 2 N–H and O–H groups in total. The van der Waals surface area contributed by atoms with Gasteiger partial charge in [-0.25, -0.2) is 10.5 Å². The topological polar surface area (TPSA) is 70.4 Å². The van der Waals surface area contributed by atoms with E-state index < -0.39 is 0 Å². The summed E-state index contributed by atoms with van der Waals surface area (Å²) in [6, 6.07) is 16.8. The molecule has 0 spiro atoms. The standard InChI is InChI=1S/C24H29N3O.CH5NO/c1-3-26(4-2)16-17-27-23-14-12-21(11-8-18-28)19-22(23)25-24(27)15-13-20-9-6-5-7-10-20;1-2-3/h5-12,14,18-19H,3-4,13,15-17H2,1-2H3;2-3H,1H3/b11-8+;. The lowest BCUT2D eigenvalue weighted by molar-refractivity contribution is -0.104. The number of carbonyl (C=O) groups excluding carboxylic acids is 1. The van der Waals surface area contributed by atoms with Gasteiger partial charge in [0.1, 0.15) is 12.1 Å². The molecule has 2 aromatic carbocycles. The van der Waals surface area contributed by atoms with Gasteiger partial charge in [0.25, 0.3) is 0 Å². The third-order valence-electron chi connectivity index (χ3n) is 5.23. The number of allylic oxidation sites excluding steroid dienone is 1. The van der Waals surface area contributed by atoms with Crippen molar-refractivity contribution in [2.75, 3.05) is 26.7 Å². The number of hydrogen-bond acceptors (Lipinski definition) is 5. The van der Waals surface area contributed by atoms with Gasteiger partial charge in [-0.3, -0.25) is 4.79 Å². The molecule has 3 aromatic rings. The number of rotatable bonds is 10. The second-order valence-corrected chi connectivity index (χ2v) is 7.16. The molecule has 0 saturated heterocycles. The van der Waals surface area contributed by atoms with E-state index in [1.54, 1.807) is 5.48 Å². The Hall–Kier alpha value is -2.80. The maximum atomic E-state index is 10.6. The fourth-order valence-electron chi connectivity index (χ4n) is 3.57. The predicted octanol–water partition coefficient (Wildman–Crippen LogP) is 3.97. The minimum atomic E-state index is 0.804. The predicted molar refractivity (Wildman–Crippen MR) is 127 cm³/mol. The third kappa shape index (κ3) is 7.43. The summed E-state index contributed by atoms with van der Waals surface area (Å²) in [5.74, 6) is 1.13. The largest absolute Gasteiger partial charge is 0.327 e. The van der Waals surface area contributed by atoms with Crippen molar-refractivity contribution in [2.24, 2.45) is 0 Å². The first kappa shape index (κ1) is 24.5. The summed E-state index contributed by atoms with van der Waals surface area (Å²) < 4.78 is 2.36. The van der Waals surface area contributed by atoms with Crippen LogP contribution in [-0.4, -0.2) is 52.6 Å². The van der Waals surface area contributed by atoms with Gasteiger partial charge >= 0.3 is 0 Å². The molecule has 0 unspecified atom stereocenters. The monoisotopic (exact) mass is 422 g/mol. The van der Waals surface area contributed by atoms with Gasteiger partial charge in [0, 0.05) is 26.6 Å². The first-order valence-electron chi connectivity index (χ1n) is 10.8. The second-order valence-electron chi connectivity index (χ2n) is 7.16. The number of benzene rings is 2. The van der Waals surface area contributed by atoms with E-state index in [2.05, 4.69) is 71.8 Å². The van der Waals surface area contributed by atoms with Crippen LogP contribution in [0, 0.1) is 0 Å². The van der Waals surface area contributed by atoms with Crippen molar-refractivity contribution >= 4 is 23.4 Å². The van der Waals surface area contributed by atoms with Crippen LogP contribution in [0.1, 0.15) is 30.8 Å². The molecule has 3 rings (SSSR count). The minimum Gasteiger partial charge on any atom is -0.327 e. The lowest BCUT2D eigenvalue weighted by atomic mass is 10.1. The van der Waals surface area contributed by atoms with Crippen molar-refractivity contribution in [2.45, 2.75) is 33.2 Å². The Labute approximate surface area is 185 Å². The van der Waals surface area contributed by atoms with Crippen molar-refractivity contribution in [3.8, 4) is 0 Å². The summed E-state index contributed by atoms with van der Waals surface area (Å²) in [4.78, 5) is 18.0. The lowest BCUT2D eigenvalue weighted by Crippen LogP contribution is -2.27. The zero-order valence-corrected chi connectivity index (χ0v) is 18.8. The Kier molecular flexibility index (Phi) is 10.6. The van der Waals surface area contributed by atoms with Crippen molar-refractivity contribution in [3.05, 3.63) is 71.6 Å². The Bertz CT molecular complexity index is 947. The molecule has 6 heteroatoms. The zero-order valence-electron chi connectivity index (χ0n) is 18.8. The minimum absolute atomic E-state index is 0.804. The van der Waals surface area contributed by atoms with Crippen LogP contribution in [-0.2, 0) is 24.2 Å². The highest BCUT2D eigenvalue weighted by atomic mass is 16.5. The third-order valence-corrected chi connectivity index (χ3v) is 5.23. The number of aryl methyl sites for hydroxylation is 2. The first-order chi connectivity index (χ1) is 15.2. The Morgan fingerprint density at radius 3 is 2.45 bits per heavy atom. The number of fused-ring (bicyclic) bond motifs is 1. The smallest absolute Gasteiger partial charge is 0.142 e. The summed E-state index contributed by atoms with van der Waals surface area (Å²) in [6.45, 7) is 8.48. The highest BCUT2D eigenvalue weighted by Crippen LogP contribution is 2.20. The van der Waals surface area contributed by atoms with E-state index in [9.17, 15) is 4.79 Å². The molecule has 0 saturated carbocycles. The lowest BCUT2D eigenvalue weighted by Gasteiger charge is -2.19. The van der Waals surface area contributed by atoms with E-state index in [1.165, 1.54) is 24.2 Å². The first-order valence-corrected chi connectivity index (χ1v) is 10.8. The number of aldehydes is 1. The molecule has 0 radical (unpaired) electrons. The number of hydrogen-bond donors (Lipinski definition) is 2. The summed E-state index contributed by atoms with van der Waals surface area (Å²) >= 11 is 0. The van der Waals surface area contributed by atoms with Crippen LogP contribution in [0.25, 0.3) is 17.1 Å². The van der Waals surface area contributed by atoms with E-state index in [1.807, 2.05) is 6.08 Å². The second kappa shape index (κ2) is 13.5. The maximum Gasteiger partial charge on any atom is 0.142 e. The average molecular weight is 423 g/mol. The summed E-state index contributed by atoms with van der Waals surface area (Å²) in [5, 5.41) is 7.32. The van der Waals surface area contributed by atoms with Crippen LogP contribution in [0.15, 0.2) is 54.6 Å². The van der Waals surface area contributed by atoms with Crippen LogP contribution < -0.4 is 5.48 Å². The molecule has 166 valence electrons. The van der Waals surface area contributed by atoms with Gasteiger partial charge in [0.15, 0.2) is 0 Å². The Morgan fingerprint density at radius 2 is 1.81 bits per heavy atom. The Balaban J connectivity index is 0.00000107. The molecule has 6 nitrogen and oxygen atoms in total. The van der Waals surface area contributed by atoms with Gasteiger partial charge in [-0.05, 0) is 48.8 Å². The number of aromatic nitrogens is 2. The molecule has 1 aromatic heterocycles. The highest BCUT2D eigenvalue weighted by molar-refractivity contribution is 5.81. The normalized spacial score (nSPS) is 11.1. The number of carbonyl (C=O) groups is 1. The molecule has 0 aliphatic carbocycles. The van der Waals surface area contributed by atoms with Gasteiger partial charge in [-0.2, -0.15) is 0 Å². The molecule has 31 heavy (non-hydrogen) atoms. The van der Waals surface area contributed by atoms with E-state index in [0.717, 1.165) is 62.2 Å². The molecule has 0 aliphatic heterocycles. The van der Waals surface area contributed by atoms with E-state index in [-0.39, 0.29) is 0 Å².